The highest BCUT2D eigenvalue weighted by molar-refractivity contribution is 7.80. The number of aromatic nitrogens is 1. The molecule has 3 rings (SSSR count). The number of rotatable bonds is 2. The number of hydrogen-bond acceptors (Lipinski definition) is 4. The summed E-state index contributed by atoms with van der Waals surface area (Å²) in [6.07, 6.45) is 2.63. The predicted octanol–water partition coefficient (Wildman–Crippen LogP) is 1.39. The minimum absolute atomic E-state index is 0.369. The fourth-order valence-corrected chi connectivity index (χ4v) is 3.34. The monoisotopic (exact) mass is 276 g/mol. The number of hydrogen-bond donors (Lipinski definition) is 1. The molecule has 0 spiro atoms. The Bertz CT molecular complexity index is 490. The second-order valence-corrected chi connectivity index (χ2v) is 5.98. The number of anilines is 1. The summed E-state index contributed by atoms with van der Waals surface area (Å²) in [7, 11) is 0. The molecule has 0 amide bonds. The second-order valence-electron chi connectivity index (χ2n) is 5.54. The molecule has 19 heavy (non-hydrogen) atoms. The molecule has 3 heterocycles. The van der Waals surface area contributed by atoms with Gasteiger partial charge < -0.3 is 10.6 Å². The van der Waals surface area contributed by atoms with E-state index in [-0.39, 0.29) is 0 Å². The summed E-state index contributed by atoms with van der Waals surface area (Å²) in [4.78, 5) is 9.98. The number of pyridine rings is 1. The van der Waals surface area contributed by atoms with E-state index in [1.54, 1.807) is 0 Å². The van der Waals surface area contributed by atoms with Crippen LogP contribution < -0.4 is 10.6 Å². The van der Waals surface area contributed by atoms with Gasteiger partial charge in [0.2, 0.25) is 0 Å². The van der Waals surface area contributed by atoms with Crippen LogP contribution in [0.25, 0.3) is 0 Å². The molecule has 0 bridgehead atoms. The van der Waals surface area contributed by atoms with Crippen LogP contribution in [0.1, 0.15) is 25.5 Å². The van der Waals surface area contributed by atoms with E-state index in [9.17, 15) is 0 Å². The molecule has 0 aromatic carbocycles. The maximum absolute atomic E-state index is 5.67. The fourth-order valence-electron chi connectivity index (χ4n) is 3.23. The summed E-state index contributed by atoms with van der Waals surface area (Å²) in [5, 5.41) is 0. The Hall–Kier alpha value is -1.20. The van der Waals surface area contributed by atoms with Gasteiger partial charge in [-0.15, -0.1) is 0 Å². The molecule has 2 saturated heterocycles. The van der Waals surface area contributed by atoms with E-state index in [2.05, 4.69) is 27.8 Å². The maximum Gasteiger partial charge on any atom is 0.129 e. The van der Waals surface area contributed by atoms with E-state index in [1.807, 2.05) is 12.1 Å². The molecule has 102 valence electrons. The van der Waals surface area contributed by atoms with Crippen molar-refractivity contribution in [1.29, 1.82) is 0 Å². The van der Waals surface area contributed by atoms with Crippen molar-refractivity contribution >= 4 is 23.0 Å². The Morgan fingerprint density at radius 2 is 2.26 bits per heavy atom. The largest absolute Gasteiger partial charge is 0.388 e. The molecule has 2 unspecified atom stereocenters. The summed E-state index contributed by atoms with van der Waals surface area (Å²) in [6.45, 7) is 5.71. The summed E-state index contributed by atoms with van der Waals surface area (Å²) < 4.78 is 0. The third-order valence-electron chi connectivity index (χ3n) is 4.22. The predicted molar refractivity (Wildman–Crippen MR) is 81.5 cm³/mol. The van der Waals surface area contributed by atoms with Crippen molar-refractivity contribution in [3.63, 3.8) is 0 Å². The molecule has 4 nitrogen and oxygen atoms in total. The summed E-state index contributed by atoms with van der Waals surface area (Å²) >= 11 is 5.02. The van der Waals surface area contributed by atoms with Crippen LogP contribution in [0.4, 0.5) is 5.82 Å². The first-order valence-electron chi connectivity index (χ1n) is 6.92. The molecule has 5 heteroatoms. The molecule has 1 aromatic rings. The number of fused-ring (bicyclic) bond motifs is 1. The highest BCUT2D eigenvalue weighted by Crippen LogP contribution is 2.27. The van der Waals surface area contributed by atoms with Crippen LogP contribution in [0, 0.1) is 0 Å². The third-order valence-corrected chi connectivity index (χ3v) is 4.43. The van der Waals surface area contributed by atoms with Gasteiger partial charge in [-0.3, -0.25) is 4.90 Å². The molecule has 0 aliphatic carbocycles. The molecule has 2 aliphatic heterocycles. The lowest BCUT2D eigenvalue weighted by atomic mass is 10.1. The van der Waals surface area contributed by atoms with Gasteiger partial charge in [0.05, 0.1) is 5.69 Å². The van der Waals surface area contributed by atoms with Crippen molar-refractivity contribution in [2.45, 2.75) is 31.8 Å². The topological polar surface area (TPSA) is 45.4 Å². The van der Waals surface area contributed by atoms with E-state index in [0.29, 0.717) is 22.8 Å². The SMILES string of the molecule is CC1CN2CCCC2CN1c1cccc(C(N)=S)n1. The van der Waals surface area contributed by atoms with Gasteiger partial charge in [0.15, 0.2) is 0 Å². The Balaban J connectivity index is 1.84. The molecule has 1 aromatic heterocycles. The lowest BCUT2D eigenvalue weighted by Crippen LogP contribution is -2.55. The average molecular weight is 276 g/mol. The van der Waals surface area contributed by atoms with Gasteiger partial charge in [0, 0.05) is 25.2 Å². The summed E-state index contributed by atoms with van der Waals surface area (Å²) in [5.74, 6) is 1.00. The van der Waals surface area contributed by atoms with E-state index >= 15 is 0 Å². The van der Waals surface area contributed by atoms with Crippen LogP contribution in [-0.2, 0) is 0 Å². The lowest BCUT2D eigenvalue weighted by Gasteiger charge is -2.43. The standard InChI is InChI=1S/C14H20N4S/c1-10-8-17-7-3-4-11(17)9-18(10)13-6-2-5-12(16-13)14(15)19/h2,5-6,10-11H,3-4,7-9H2,1H3,(H2,15,19). The van der Waals surface area contributed by atoms with Gasteiger partial charge in [0.25, 0.3) is 0 Å². The number of piperazine rings is 1. The van der Waals surface area contributed by atoms with Crippen molar-refractivity contribution < 1.29 is 0 Å². The molecule has 0 radical (unpaired) electrons. The van der Waals surface area contributed by atoms with Crippen molar-refractivity contribution in [2.75, 3.05) is 24.5 Å². The highest BCUT2D eigenvalue weighted by atomic mass is 32.1. The van der Waals surface area contributed by atoms with Crippen molar-refractivity contribution in [2.24, 2.45) is 5.73 Å². The van der Waals surface area contributed by atoms with Crippen LogP contribution in [0.2, 0.25) is 0 Å². The van der Waals surface area contributed by atoms with Gasteiger partial charge in [0.1, 0.15) is 10.8 Å². The van der Waals surface area contributed by atoms with Crippen molar-refractivity contribution in [1.82, 2.24) is 9.88 Å². The highest BCUT2D eigenvalue weighted by Gasteiger charge is 2.34. The molecular weight excluding hydrogens is 256 g/mol. The van der Waals surface area contributed by atoms with Crippen molar-refractivity contribution in [3.05, 3.63) is 23.9 Å². The quantitative estimate of drug-likeness (QED) is 0.827. The zero-order valence-corrected chi connectivity index (χ0v) is 12.1. The zero-order chi connectivity index (χ0) is 13.4. The maximum atomic E-state index is 5.67. The smallest absolute Gasteiger partial charge is 0.129 e. The van der Waals surface area contributed by atoms with Crippen LogP contribution in [-0.4, -0.2) is 46.6 Å². The first-order valence-corrected chi connectivity index (χ1v) is 7.33. The van der Waals surface area contributed by atoms with Crippen molar-refractivity contribution in [3.8, 4) is 0 Å². The molecule has 2 aliphatic rings. The molecule has 2 atom stereocenters. The minimum atomic E-state index is 0.369. The summed E-state index contributed by atoms with van der Waals surface area (Å²) in [5.41, 5.74) is 6.39. The van der Waals surface area contributed by atoms with Crippen LogP contribution in [0.15, 0.2) is 18.2 Å². The van der Waals surface area contributed by atoms with Gasteiger partial charge in [-0.25, -0.2) is 4.98 Å². The number of nitrogens with zero attached hydrogens (tertiary/aromatic N) is 3. The zero-order valence-electron chi connectivity index (χ0n) is 11.2. The molecule has 2 fully saturated rings. The number of thiocarbonyl (C=S) groups is 1. The third kappa shape index (κ3) is 2.44. The van der Waals surface area contributed by atoms with Crippen LogP contribution >= 0.6 is 12.2 Å². The van der Waals surface area contributed by atoms with Gasteiger partial charge in [-0.2, -0.15) is 0 Å². The number of nitrogens with two attached hydrogens (primary N) is 1. The molecule has 0 saturated carbocycles. The normalized spacial score (nSPS) is 27.3. The Kier molecular flexibility index (Phi) is 3.41. The van der Waals surface area contributed by atoms with Crippen LogP contribution in [0.3, 0.4) is 0 Å². The first kappa shape index (κ1) is 12.8. The van der Waals surface area contributed by atoms with Gasteiger partial charge >= 0.3 is 0 Å². The van der Waals surface area contributed by atoms with E-state index in [4.69, 9.17) is 18.0 Å². The second kappa shape index (κ2) is 5.06. The van der Waals surface area contributed by atoms with E-state index in [1.165, 1.54) is 19.4 Å². The Morgan fingerprint density at radius 1 is 1.42 bits per heavy atom. The Labute approximate surface area is 119 Å². The molecule has 2 N–H and O–H groups in total. The first-order chi connectivity index (χ1) is 9.15. The average Bonchev–Trinajstić information content (AvgIpc) is 2.85. The molecular formula is C14H20N4S. The minimum Gasteiger partial charge on any atom is -0.388 e. The van der Waals surface area contributed by atoms with E-state index in [0.717, 1.165) is 18.9 Å². The van der Waals surface area contributed by atoms with Gasteiger partial charge in [-0.05, 0) is 38.4 Å². The Morgan fingerprint density at radius 3 is 3.05 bits per heavy atom. The summed E-state index contributed by atoms with van der Waals surface area (Å²) in [6, 6.07) is 7.10. The van der Waals surface area contributed by atoms with Gasteiger partial charge in [-0.1, -0.05) is 18.3 Å². The fraction of sp³-hybridized carbons (Fsp3) is 0.571. The van der Waals surface area contributed by atoms with E-state index < -0.39 is 0 Å². The lowest BCUT2D eigenvalue weighted by molar-refractivity contribution is 0.202. The van der Waals surface area contributed by atoms with Crippen LogP contribution in [0.5, 0.6) is 0 Å².